The number of nitrogens with zero attached hydrogens (tertiary/aromatic N) is 2. The molecular weight excluding hydrogens is 182 g/mol. The first-order valence-corrected chi connectivity index (χ1v) is 4.46. The summed E-state index contributed by atoms with van der Waals surface area (Å²) in [6.07, 6.45) is 1.60. The van der Waals surface area contributed by atoms with Crippen LogP contribution in [0.25, 0.3) is 0 Å². The molecule has 1 aromatic rings. The molecule has 5 heteroatoms. The fourth-order valence-electron chi connectivity index (χ4n) is 1.03. The fraction of sp³-hybridized carbons (Fsp3) is 0.556. The molecule has 0 atom stereocenters. The van der Waals surface area contributed by atoms with Crippen molar-refractivity contribution in [1.29, 1.82) is 0 Å². The number of methoxy groups -OCH3 is 2. The zero-order valence-electron chi connectivity index (χ0n) is 8.49. The van der Waals surface area contributed by atoms with Gasteiger partial charge in [-0.25, -0.2) is 0 Å². The van der Waals surface area contributed by atoms with Crippen LogP contribution in [-0.2, 0) is 6.42 Å². The first-order chi connectivity index (χ1) is 6.80. The van der Waals surface area contributed by atoms with E-state index in [2.05, 4.69) is 9.97 Å². The summed E-state index contributed by atoms with van der Waals surface area (Å²) < 4.78 is 10.0. The molecule has 0 aliphatic carbocycles. The maximum Gasteiger partial charge on any atom is 0.220 e. The molecule has 78 valence electrons. The second kappa shape index (κ2) is 5.39. The smallest absolute Gasteiger partial charge is 0.220 e. The summed E-state index contributed by atoms with van der Waals surface area (Å²) in [5.74, 6) is 1.74. The summed E-state index contributed by atoms with van der Waals surface area (Å²) in [6.45, 7) is 0.628. The Morgan fingerprint density at radius 2 is 1.79 bits per heavy atom. The summed E-state index contributed by atoms with van der Waals surface area (Å²) in [6, 6.07) is 1.64. The fourth-order valence-corrected chi connectivity index (χ4v) is 1.03. The van der Waals surface area contributed by atoms with E-state index in [1.807, 2.05) is 0 Å². The molecule has 2 N–H and O–H groups in total. The molecule has 1 rings (SSSR count). The van der Waals surface area contributed by atoms with Crippen molar-refractivity contribution in [2.75, 3.05) is 20.8 Å². The monoisotopic (exact) mass is 197 g/mol. The molecule has 14 heavy (non-hydrogen) atoms. The normalized spacial score (nSPS) is 9.93. The minimum absolute atomic E-state index is 0.517. The van der Waals surface area contributed by atoms with Crippen molar-refractivity contribution in [1.82, 2.24) is 9.97 Å². The van der Waals surface area contributed by atoms with Crippen molar-refractivity contribution < 1.29 is 9.47 Å². The first-order valence-electron chi connectivity index (χ1n) is 4.46. The van der Waals surface area contributed by atoms with Crippen LogP contribution in [-0.4, -0.2) is 30.7 Å². The van der Waals surface area contributed by atoms with E-state index in [1.165, 1.54) is 0 Å². The van der Waals surface area contributed by atoms with Gasteiger partial charge < -0.3 is 15.2 Å². The number of hydrogen-bond donors (Lipinski definition) is 1. The van der Waals surface area contributed by atoms with Crippen LogP contribution in [0.5, 0.6) is 11.8 Å². The average Bonchev–Trinajstić information content (AvgIpc) is 2.25. The summed E-state index contributed by atoms with van der Waals surface area (Å²) in [5, 5.41) is 0. The Morgan fingerprint density at radius 3 is 2.21 bits per heavy atom. The molecule has 1 aromatic heterocycles. The highest BCUT2D eigenvalue weighted by Crippen LogP contribution is 2.15. The highest BCUT2D eigenvalue weighted by atomic mass is 16.5. The Bertz CT molecular complexity index is 269. The molecule has 0 aliphatic rings. The Hall–Kier alpha value is -1.36. The highest BCUT2D eigenvalue weighted by molar-refractivity contribution is 5.20. The van der Waals surface area contributed by atoms with E-state index >= 15 is 0 Å². The van der Waals surface area contributed by atoms with Crippen molar-refractivity contribution in [3.05, 3.63) is 11.9 Å². The molecule has 0 aromatic carbocycles. The zero-order chi connectivity index (χ0) is 10.4. The van der Waals surface area contributed by atoms with Crippen molar-refractivity contribution in [2.24, 2.45) is 5.73 Å². The van der Waals surface area contributed by atoms with E-state index in [0.29, 0.717) is 24.1 Å². The molecule has 0 unspecified atom stereocenters. The number of hydrogen-bond acceptors (Lipinski definition) is 5. The maximum absolute atomic E-state index is 5.40. The van der Waals surface area contributed by atoms with E-state index in [4.69, 9.17) is 15.2 Å². The van der Waals surface area contributed by atoms with Crippen LogP contribution in [0.15, 0.2) is 6.07 Å². The topological polar surface area (TPSA) is 70.3 Å². The van der Waals surface area contributed by atoms with E-state index < -0.39 is 0 Å². The third-order valence-electron chi connectivity index (χ3n) is 1.75. The van der Waals surface area contributed by atoms with Crippen LogP contribution in [0.1, 0.15) is 12.2 Å². The zero-order valence-corrected chi connectivity index (χ0v) is 8.49. The largest absolute Gasteiger partial charge is 0.481 e. The van der Waals surface area contributed by atoms with Crippen molar-refractivity contribution in [3.63, 3.8) is 0 Å². The second-order valence-corrected chi connectivity index (χ2v) is 2.76. The molecule has 0 aliphatic heterocycles. The van der Waals surface area contributed by atoms with Gasteiger partial charge in [0.25, 0.3) is 0 Å². The minimum Gasteiger partial charge on any atom is -0.481 e. The molecular formula is C9H15N3O2. The summed E-state index contributed by atoms with van der Waals surface area (Å²) >= 11 is 0. The predicted octanol–water partition coefficient (Wildman–Crippen LogP) is 0.385. The van der Waals surface area contributed by atoms with Gasteiger partial charge in [0.05, 0.1) is 20.3 Å². The van der Waals surface area contributed by atoms with Crippen molar-refractivity contribution in [3.8, 4) is 11.8 Å². The Morgan fingerprint density at radius 1 is 1.21 bits per heavy atom. The van der Waals surface area contributed by atoms with Gasteiger partial charge in [0.15, 0.2) is 0 Å². The Kier molecular flexibility index (Phi) is 4.12. The summed E-state index contributed by atoms with van der Waals surface area (Å²) in [7, 11) is 3.13. The quantitative estimate of drug-likeness (QED) is 0.739. The van der Waals surface area contributed by atoms with Crippen LogP contribution < -0.4 is 15.2 Å². The van der Waals surface area contributed by atoms with Crippen LogP contribution in [0, 0.1) is 0 Å². The number of aryl methyl sites for hydroxylation is 1. The van der Waals surface area contributed by atoms with Crippen LogP contribution >= 0.6 is 0 Å². The molecule has 0 radical (unpaired) electrons. The lowest BCUT2D eigenvalue weighted by Gasteiger charge is -2.05. The van der Waals surface area contributed by atoms with Gasteiger partial charge in [0, 0.05) is 6.42 Å². The molecule has 0 spiro atoms. The standard InChI is InChI=1S/C9H15N3O2/c1-13-8-6-9(14-2)12-7(11-8)4-3-5-10/h6H,3-5,10H2,1-2H3. The van der Waals surface area contributed by atoms with E-state index in [1.54, 1.807) is 20.3 Å². The lowest BCUT2D eigenvalue weighted by molar-refractivity contribution is 0.368. The predicted molar refractivity (Wildman–Crippen MR) is 52.5 cm³/mol. The number of nitrogens with two attached hydrogens (primary N) is 1. The van der Waals surface area contributed by atoms with Crippen LogP contribution in [0.3, 0.4) is 0 Å². The van der Waals surface area contributed by atoms with E-state index in [-0.39, 0.29) is 0 Å². The van der Waals surface area contributed by atoms with Gasteiger partial charge in [-0.05, 0) is 13.0 Å². The van der Waals surface area contributed by atoms with Gasteiger partial charge >= 0.3 is 0 Å². The Balaban J connectivity index is 2.81. The lowest BCUT2D eigenvalue weighted by Crippen LogP contribution is -2.05. The van der Waals surface area contributed by atoms with Crippen molar-refractivity contribution in [2.45, 2.75) is 12.8 Å². The third-order valence-corrected chi connectivity index (χ3v) is 1.75. The van der Waals surface area contributed by atoms with Gasteiger partial charge in [-0.3, -0.25) is 0 Å². The maximum atomic E-state index is 5.40. The van der Waals surface area contributed by atoms with Gasteiger partial charge in [0.1, 0.15) is 5.82 Å². The molecule has 0 bridgehead atoms. The molecule has 1 heterocycles. The lowest BCUT2D eigenvalue weighted by atomic mass is 10.3. The SMILES string of the molecule is COc1cc(OC)nc(CCCN)n1. The molecule has 0 amide bonds. The van der Waals surface area contributed by atoms with Gasteiger partial charge in [-0.15, -0.1) is 0 Å². The first kappa shape index (κ1) is 10.7. The highest BCUT2D eigenvalue weighted by Gasteiger charge is 2.04. The minimum atomic E-state index is 0.517. The van der Waals surface area contributed by atoms with Crippen LogP contribution in [0.2, 0.25) is 0 Å². The molecule has 0 fully saturated rings. The van der Waals surface area contributed by atoms with Gasteiger partial charge in [-0.2, -0.15) is 9.97 Å². The summed E-state index contributed by atoms with van der Waals surface area (Å²) in [5.41, 5.74) is 5.40. The van der Waals surface area contributed by atoms with Gasteiger partial charge in [-0.1, -0.05) is 0 Å². The molecule has 0 saturated heterocycles. The van der Waals surface area contributed by atoms with Crippen molar-refractivity contribution >= 4 is 0 Å². The number of aromatic nitrogens is 2. The number of ether oxygens (including phenoxy) is 2. The van der Waals surface area contributed by atoms with E-state index in [9.17, 15) is 0 Å². The van der Waals surface area contributed by atoms with Gasteiger partial charge in [0.2, 0.25) is 11.8 Å². The third kappa shape index (κ3) is 2.85. The number of rotatable bonds is 5. The Labute approximate surface area is 83.3 Å². The molecule has 0 saturated carbocycles. The average molecular weight is 197 g/mol. The van der Waals surface area contributed by atoms with Crippen LogP contribution in [0.4, 0.5) is 0 Å². The summed E-state index contributed by atoms with van der Waals surface area (Å²) in [4.78, 5) is 8.34. The molecule has 5 nitrogen and oxygen atoms in total. The van der Waals surface area contributed by atoms with E-state index in [0.717, 1.165) is 12.8 Å². The second-order valence-electron chi connectivity index (χ2n) is 2.76.